The van der Waals surface area contributed by atoms with Crippen molar-refractivity contribution >= 4 is 17.8 Å². The molecule has 2 unspecified atom stereocenters. The lowest BCUT2D eigenvalue weighted by Gasteiger charge is -2.30. The van der Waals surface area contributed by atoms with Gasteiger partial charge in [0.15, 0.2) is 0 Å². The van der Waals surface area contributed by atoms with Crippen LogP contribution in [0, 0.1) is 0 Å². The van der Waals surface area contributed by atoms with Crippen LogP contribution in [0.1, 0.15) is 60.7 Å². The van der Waals surface area contributed by atoms with Gasteiger partial charge < -0.3 is 10.1 Å². The molecule has 24 heavy (non-hydrogen) atoms. The Labute approximate surface area is 140 Å². The van der Waals surface area contributed by atoms with Crippen molar-refractivity contribution in [2.24, 2.45) is 0 Å². The largest absolute Gasteiger partial charge is 0.433 e. The lowest BCUT2D eigenvalue weighted by molar-refractivity contribution is -0.146. The predicted molar refractivity (Wildman–Crippen MR) is 84.9 cm³/mol. The number of hydrogen-bond donors (Lipinski definition) is 1. The number of esters is 1. The first-order valence-corrected chi connectivity index (χ1v) is 8.56. The summed E-state index contributed by atoms with van der Waals surface area (Å²) in [6, 6.07) is 6.67. The monoisotopic (exact) mass is 328 g/mol. The van der Waals surface area contributed by atoms with Gasteiger partial charge in [-0.15, -0.1) is 0 Å². The summed E-state index contributed by atoms with van der Waals surface area (Å²) in [4.78, 5) is 38.5. The van der Waals surface area contributed by atoms with Crippen molar-refractivity contribution in [1.29, 1.82) is 0 Å². The molecule has 0 radical (unpaired) electrons. The maximum absolute atomic E-state index is 12.7. The predicted octanol–water partition coefficient (Wildman–Crippen LogP) is 1.91. The first-order valence-electron chi connectivity index (χ1n) is 8.56. The second-order valence-corrected chi connectivity index (χ2v) is 6.69. The molecule has 6 nitrogen and oxygen atoms in total. The van der Waals surface area contributed by atoms with Crippen LogP contribution in [-0.4, -0.2) is 34.8 Å². The second-order valence-electron chi connectivity index (χ2n) is 6.69. The lowest BCUT2D eigenvalue weighted by atomic mass is 10.1. The van der Waals surface area contributed by atoms with Gasteiger partial charge in [-0.05, 0) is 25.3 Å². The van der Waals surface area contributed by atoms with Crippen molar-refractivity contribution in [2.75, 3.05) is 0 Å². The third kappa shape index (κ3) is 2.46. The number of rotatable bonds is 3. The smallest absolute Gasteiger partial charge is 0.340 e. The molecule has 1 saturated heterocycles. The molecule has 0 bridgehead atoms. The van der Waals surface area contributed by atoms with E-state index in [1.165, 1.54) is 4.90 Å². The first kappa shape index (κ1) is 15.2. The van der Waals surface area contributed by atoms with Crippen LogP contribution in [0.25, 0.3) is 0 Å². The SMILES string of the molecule is O=C1OC(N2C(=O)CCC2C(=O)NC2CCCC2)c2ccccc21. The van der Waals surface area contributed by atoms with E-state index in [4.69, 9.17) is 4.74 Å². The zero-order valence-corrected chi connectivity index (χ0v) is 13.4. The third-order valence-electron chi connectivity index (χ3n) is 5.18. The molecule has 0 aromatic heterocycles. The number of cyclic esters (lactones) is 1. The average Bonchev–Trinajstić information content (AvgIpc) is 3.28. The summed E-state index contributed by atoms with van der Waals surface area (Å²) in [5, 5.41) is 3.06. The Hall–Kier alpha value is -2.37. The van der Waals surface area contributed by atoms with Gasteiger partial charge in [0.2, 0.25) is 18.0 Å². The van der Waals surface area contributed by atoms with E-state index in [0.717, 1.165) is 25.7 Å². The van der Waals surface area contributed by atoms with Gasteiger partial charge in [0.25, 0.3) is 0 Å². The van der Waals surface area contributed by atoms with Gasteiger partial charge in [0, 0.05) is 18.0 Å². The van der Waals surface area contributed by atoms with Crippen molar-refractivity contribution in [1.82, 2.24) is 10.2 Å². The number of carbonyl (C=O) groups is 3. The van der Waals surface area contributed by atoms with Crippen molar-refractivity contribution < 1.29 is 19.1 Å². The minimum absolute atomic E-state index is 0.131. The molecule has 1 aromatic rings. The standard InChI is InChI=1S/C18H20N2O4/c21-15-10-9-14(16(22)19-11-5-1-2-6-11)20(15)17-12-7-3-4-8-13(12)18(23)24-17/h3-4,7-8,11,14,17H,1-2,5-6,9-10H2,(H,19,22). The molecule has 3 aliphatic rings. The third-order valence-corrected chi connectivity index (χ3v) is 5.18. The van der Waals surface area contributed by atoms with Gasteiger partial charge in [0.1, 0.15) is 6.04 Å². The highest BCUT2D eigenvalue weighted by atomic mass is 16.6. The highest BCUT2D eigenvalue weighted by molar-refractivity contribution is 5.96. The molecule has 1 aromatic carbocycles. The molecule has 2 amide bonds. The molecule has 6 heteroatoms. The van der Waals surface area contributed by atoms with Crippen LogP contribution in [0.15, 0.2) is 24.3 Å². The van der Waals surface area contributed by atoms with Gasteiger partial charge in [-0.2, -0.15) is 0 Å². The van der Waals surface area contributed by atoms with Gasteiger partial charge in [0.05, 0.1) is 5.56 Å². The molecule has 2 fully saturated rings. The van der Waals surface area contributed by atoms with Gasteiger partial charge in [-0.3, -0.25) is 14.5 Å². The van der Waals surface area contributed by atoms with E-state index >= 15 is 0 Å². The van der Waals surface area contributed by atoms with Gasteiger partial charge in [-0.1, -0.05) is 31.0 Å². The van der Waals surface area contributed by atoms with Crippen LogP contribution >= 0.6 is 0 Å². The Morgan fingerprint density at radius 1 is 1.12 bits per heavy atom. The summed E-state index contributed by atoms with van der Waals surface area (Å²) in [6.07, 6.45) is 4.23. The van der Waals surface area contributed by atoms with Gasteiger partial charge in [-0.25, -0.2) is 4.79 Å². The van der Waals surface area contributed by atoms with E-state index in [1.807, 2.05) is 6.07 Å². The number of ether oxygens (including phenoxy) is 1. The number of likely N-dealkylation sites (tertiary alicyclic amines) is 1. The Bertz CT molecular complexity index is 696. The number of nitrogens with zero attached hydrogens (tertiary/aromatic N) is 1. The fraction of sp³-hybridized carbons (Fsp3) is 0.500. The van der Waals surface area contributed by atoms with Crippen LogP contribution in [0.5, 0.6) is 0 Å². The number of fused-ring (bicyclic) bond motifs is 1. The fourth-order valence-electron chi connectivity index (χ4n) is 3.95. The summed E-state index contributed by atoms with van der Waals surface area (Å²) < 4.78 is 5.42. The summed E-state index contributed by atoms with van der Waals surface area (Å²) >= 11 is 0. The Morgan fingerprint density at radius 2 is 1.88 bits per heavy atom. The minimum Gasteiger partial charge on any atom is -0.433 e. The van der Waals surface area contributed by atoms with Gasteiger partial charge >= 0.3 is 5.97 Å². The van der Waals surface area contributed by atoms with Crippen LogP contribution in [0.3, 0.4) is 0 Å². The first-order chi connectivity index (χ1) is 11.6. The van der Waals surface area contributed by atoms with E-state index in [1.54, 1.807) is 18.2 Å². The summed E-state index contributed by atoms with van der Waals surface area (Å²) in [5.74, 6) is -0.713. The quantitative estimate of drug-likeness (QED) is 0.860. The van der Waals surface area contributed by atoms with Crippen molar-refractivity contribution in [3.63, 3.8) is 0 Å². The Morgan fingerprint density at radius 3 is 2.67 bits per heavy atom. The van der Waals surface area contributed by atoms with E-state index in [-0.39, 0.29) is 17.9 Å². The normalized spacial score (nSPS) is 26.6. The highest BCUT2D eigenvalue weighted by Crippen LogP contribution is 2.38. The second kappa shape index (κ2) is 5.92. The molecule has 126 valence electrons. The average molecular weight is 328 g/mol. The zero-order chi connectivity index (χ0) is 16.7. The van der Waals surface area contributed by atoms with Crippen LogP contribution < -0.4 is 5.32 Å². The number of hydrogen-bond acceptors (Lipinski definition) is 4. The fourth-order valence-corrected chi connectivity index (χ4v) is 3.95. The molecule has 2 heterocycles. The van der Waals surface area contributed by atoms with E-state index in [9.17, 15) is 14.4 Å². The molecule has 4 rings (SSSR count). The Kier molecular flexibility index (Phi) is 3.75. The minimum atomic E-state index is -0.789. The number of amides is 2. The Balaban J connectivity index is 1.57. The molecule has 2 aliphatic heterocycles. The molecule has 1 aliphatic carbocycles. The number of benzene rings is 1. The van der Waals surface area contributed by atoms with E-state index in [2.05, 4.69) is 5.32 Å². The van der Waals surface area contributed by atoms with Crippen LogP contribution in [-0.2, 0) is 14.3 Å². The summed E-state index contributed by atoms with van der Waals surface area (Å²) in [6.45, 7) is 0. The number of carbonyl (C=O) groups excluding carboxylic acids is 3. The molecule has 2 atom stereocenters. The van der Waals surface area contributed by atoms with E-state index in [0.29, 0.717) is 24.0 Å². The van der Waals surface area contributed by atoms with E-state index < -0.39 is 18.2 Å². The maximum Gasteiger partial charge on any atom is 0.340 e. The molecule has 1 N–H and O–H groups in total. The zero-order valence-electron chi connectivity index (χ0n) is 13.4. The van der Waals surface area contributed by atoms with Crippen LogP contribution in [0.2, 0.25) is 0 Å². The summed E-state index contributed by atoms with van der Waals surface area (Å²) in [7, 11) is 0. The lowest BCUT2D eigenvalue weighted by Crippen LogP contribution is -2.48. The maximum atomic E-state index is 12.7. The van der Waals surface area contributed by atoms with Crippen molar-refractivity contribution in [3.8, 4) is 0 Å². The van der Waals surface area contributed by atoms with Crippen LogP contribution in [0.4, 0.5) is 0 Å². The molecule has 1 saturated carbocycles. The van der Waals surface area contributed by atoms with Crippen molar-refractivity contribution in [3.05, 3.63) is 35.4 Å². The molecule has 0 spiro atoms. The topological polar surface area (TPSA) is 75.7 Å². The summed E-state index contributed by atoms with van der Waals surface area (Å²) in [5.41, 5.74) is 1.13. The van der Waals surface area contributed by atoms with Crippen molar-refractivity contribution in [2.45, 2.75) is 56.8 Å². The highest BCUT2D eigenvalue weighted by Gasteiger charge is 2.46. The molecular weight excluding hydrogens is 308 g/mol. The number of nitrogens with one attached hydrogen (secondary N) is 1. The molecular formula is C18H20N2O4.